The van der Waals surface area contributed by atoms with Crippen molar-refractivity contribution in [2.75, 3.05) is 18.5 Å². The van der Waals surface area contributed by atoms with E-state index < -0.39 is 60.3 Å². The zero-order valence-electron chi connectivity index (χ0n) is 17.6. The second-order valence-corrected chi connectivity index (χ2v) is 8.01. The van der Waals surface area contributed by atoms with Crippen LogP contribution in [-0.2, 0) is 24.5 Å². The predicted molar refractivity (Wildman–Crippen MR) is 103 cm³/mol. The zero-order valence-corrected chi connectivity index (χ0v) is 17.6. The summed E-state index contributed by atoms with van der Waals surface area (Å²) < 4.78 is 52.2. The number of alkyl halides is 3. The van der Waals surface area contributed by atoms with Crippen molar-refractivity contribution in [3.63, 3.8) is 0 Å². The molecule has 0 aliphatic carbocycles. The molecule has 0 spiro atoms. The van der Waals surface area contributed by atoms with Crippen molar-refractivity contribution in [2.45, 2.75) is 56.9 Å². The number of anilines is 1. The average Bonchev–Trinajstić information content (AvgIpc) is 2.91. The minimum absolute atomic E-state index is 0.0109. The van der Waals surface area contributed by atoms with Gasteiger partial charge in [0.15, 0.2) is 0 Å². The maximum absolute atomic E-state index is 14.2. The van der Waals surface area contributed by atoms with E-state index in [0.717, 1.165) is 0 Å². The number of fused-ring (bicyclic) bond motifs is 1. The number of amides is 2. The standard InChI is InChI=1S/C20H25F3N2O6/c1-5-30-15(27)19(29,20(21,22)23)18(10-11-24-16(28)31-17(2,3)4)12-8-6-7-9-13(12)25-14(18)26/h6-9,29H,5,10-11H2,1-4H3,(H,24,28)(H,25,26)/t18-,19-/m0/s1. The van der Waals surface area contributed by atoms with Crippen LogP contribution in [0.3, 0.4) is 0 Å². The van der Waals surface area contributed by atoms with Gasteiger partial charge in [0.2, 0.25) is 5.91 Å². The van der Waals surface area contributed by atoms with Gasteiger partial charge in [-0.1, -0.05) is 18.2 Å². The molecular formula is C20H25F3N2O6. The molecule has 0 radical (unpaired) electrons. The van der Waals surface area contributed by atoms with Crippen molar-refractivity contribution < 1.29 is 42.1 Å². The van der Waals surface area contributed by atoms with E-state index in [1.165, 1.54) is 31.2 Å². The summed E-state index contributed by atoms with van der Waals surface area (Å²) in [6.45, 7) is 5.10. The Morgan fingerprint density at radius 2 is 1.81 bits per heavy atom. The van der Waals surface area contributed by atoms with Crippen LogP contribution in [0.5, 0.6) is 0 Å². The molecule has 1 aliphatic heterocycles. The molecule has 1 aliphatic rings. The van der Waals surface area contributed by atoms with Gasteiger partial charge in [-0.15, -0.1) is 0 Å². The lowest BCUT2D eigenvalue weighted by atomic mass is 9.65. The second kappa shape index (κ2) is 8.37. The molecule has 0 saturated heterocycles. The van der Waals surface area contributed by atoms with Gasteiger partial charge in [0.25, 0.3) is 5.60 Å². The monoisotopic (exact) mass is 446 g/mol. The van der Waals surface area contributed by atoms with Crippen molar-refractivity contribution in [3.05, 3.63) is 29.8 Å². The first kappa shape index (κ1) is 24.4. The van der Waals surface area contributed by atoms with E-state index in [9.17, 15) is 32.7 Å². The number of carbonyl (C=O) groups excluding carboxylic acids is 3. The molecule has 1 heterocycles. The van der Waals surface area contributed by atoms with Gasteiger partial charge in [-0.3, -0.25) is 4.79 Å². The van der Waals surface area contributed by atoms with Gasteiger partial charge in [-0.25, -0.2) is 9.59 Å². The van der Waals surface area contributed by atoms with E-state index in [4.69, 9.17) is 4.74 Å². The van der Waals surface area contributed by atoms with Crippen LogP contribution in [0, 0.1) is 0 Å². The minimum Gasteiger partial charge on any atom is -0.464 e. The summed E-state index contributed by atoms with van der Waals surface area (Å²) in [7, 11) is 0. The second-order valence-electron chi connectivity index (χ2n) is 8.01. The smallest absolute Gasteiger partial charge is 0.429 e. The first-order valence-corrected chi connectivity index (χ1v) is 9.55. The van der Waals surface area contributed by atoms with Gasteiger partial charge in [-0.05, 0) is 45.7 Å². The van der Waals surface area contributed by atoms with E-state index in [1.54, 1.807) is 20.8 Å². The number of ether oxygens (including phenoxy) is 2. The molecule has 8 nitrogen and oxygen atoms in total. The van der Waals surface area contributed by atoms with Crippen LogP contribution < -0.4 is 10.6 Å². The summed E-state index contributed by atoms with van der Waals surface area (Å²) in [4.78, 5) is 37.3. The highest BCUT2D eigenvalue weighted by molar-refractivity contribution is 6.11. The number of alkyl carbamates (subject to hydrolysis) is 1. The molecule has 1 aromatic rings. The molecule has 11 heteroatoms. The Hall–Kier alpha value is -2.82. The molecule has 0 fully saturated rings. The van der Waals surface area contributed by atoms with Crippen molar-refractivity contribution in [1.82, 2.24) is 5.32 Å². The maximum Gasteiger partial charge on any atom is 0.429 e. The number of esters is 1. The molecule has 31 heavy (non-hydrogen) atoms. The Labute approximate surface area is 177 Å². The van der Waals surface area contributed by atoms with Crippen LogP contribution in [-0.4, -0.2) is 53.6 Å². The van der Waals surface area contributed by atoms with Gasteiger partial charge >= 0.3 is 18.2 Å². The number of carbonyl (C=O) groups is 3. The Morgan fingerprint density at radius 1 is 1.19 bits per heavy atom. The van der Waals surface area contributed by atoms with Crippen LogP contribution in [0.1, 0.15) is 39.7 Å². The van der Waals surface area contributed by atoms with Gasteiger partial charge in [0.1, 0.15) is 11.0 Å². The quantitative estimate of drug-likeness (QED) is 0.579. The lowest BCUT2D eigenvalue weighted by Crippen LogP contribution is -2.69. The molecule has 2 atom stereocenters. The van der Waals surface area contributed by atoms with Crippen LogP contribution in [0.25, 0.3) is 0 Å². The maximum atomic E-state index is 14.2. The van der Waals surface area contributed by atoms with Crippen molar-refractivity contribution in [2.24, 2.45) is 0 Å². The number of hydrogen-bond acceptors (Lipinski definition) is 6. The number of hydrogen-bond donors (Lipinski definition) is 3. The van der Waals surface area contributed by atoms with E-state index in [2.05, 4.69) is 15.4 Å². The number of benzene rings is 1. The summed E-state index contributed by atoms with van der Waals surface area (Å²) >= 11 is 0. The minimum atomic E-state index is -5.57. The highest BCUT2D eigenvalue weighted by Crippen LogP contribution is 2.53. The summed E-state index contributed by atoms with van der Waals surface area (Å²) in [5.41, 5.74) is -8.10. The molecule has 0 unspecified atom stereocenters. The molecule has 3 N–H and O–H groups in total. The topological polar surface area (TPSA) is 114 Å². The predicted octanol–water partition coefficient (Wildman–Crippen LogP) is 2.65. The van der Waals surface area contributed by atoms with E-state index in [1.807, 2.05) is 0 Å². The summed E-state index contributed by atoms with van der Waals surface area (Å²) in [5, 5.41) is 15.4. The summed E-state index contributed by atoms with van der Waals surface area (Å²) in [6, 6.07) is 5.40. The first-order valence-electron chi connectivity index (χ1n) is 9.55. The molecule has 0 saturated carbocycles. The molecule has 0 bridgehead atoms. The SMILES string of the molecule is CCOC(=O)[C@@](O)(C(F)(F)F)[C@]1(CCNC(=O)OC(C)(C)C)C(=O)Nc2ccccc21. The van der Waals surface area contributed by atoms with Crippen molar-refractivity contribution in [3.8, 4) is 0 Å². The van der Waals surface area contributed by atoms with Crippen molar-refractivity contribution >= 4 is 23.7 Å². The van der Waals surface area contributed by atoms with Crippen LogP contribution in [0.15, 0.2) is 24.3 Å². The van der Waals surface area contributed by atoms with Crippen LogP contribution >= 0.6 is 0 Å². The van der Waals surface area contributed by atoms with E-state index >= 15 is 0 Å². The van der Waals surface area contributed by atoms with Crippen LogP contribution in [0.4, 0.5) is 23.7 Å². The first-order chi connectivity index (χ1) is 14.2. The highest BCUT2D eigenvalue weighted by atomic mass is 19.4. The lowest BCUT2D eigenvalue weighted by molar-refractivity contribution is -0.281. The molecule has 172 valence electrons. The van der Waals surface area contributed by atoms with Crippen molar-refractivity contribution in [1.29, 1.82) is 0 Å². The normalized spacial score (nSPS) is 20.3. The third-order valence-corrected chi connectivity index (χ3v) is 4.79. The fraction of sp³-hybridized carbons (Fsp3) is 0.550. The summed E-state index contributed by atoms with van der Waals surface area (Å²) in [5.74, 6) is -3.25. The Kier molecular flexibility index (Phi) is 6.60. The van der Waals surface area contributed by atoms with Gasteiger partial charge in [0.05, 0.1) is 6.61 Å². The highest BCUT2D eigenvalue weighted by Gasteiger charge is 2.76. The van der Waals surface area contributed by atoms with E-state index in [0.29, 0.717) is 0 Å². The van der Waals surface area contributed by atoms with Gasteiger partial charge < -0.3 is 25.2 Å². The Balaban J connectivity index is 2.56. The number of halogens is 3. The molecule has 1 aromatic carbocycles. The number of para-hydroxylation sites is 1. The summed E-state index contributed by atoms with van der Waals surface area (Å²) in [6.07, 6.45) is -7.26. The molecule has 2 amide bonds. The Bertz CT molecular complexity index is 867. The molecule has 2 rings (SSSR count). The molecule has 0 aromatic heterocycles. The average molecular weight is 446 g/mol. The number of aliphatic hydroxyl groups is 1. The fourth-order valence-corrected chi connectivity index (χ4v) is 3.54. The largest absolute Gasteiger partial charge is 0.464 e. The van der Waals surface area contributed by atoms with E-state index in [-0.39, 0.29) is 11.3 Å². The number of nitrogens with one attached hydrogen (secondary N) is 2. The zero-order chi connectivity index (χ0) is 23.7. The third kappa shape index (κ3) is 4.32. The third-order valence-electron chi connectivity index (χ3n) is 4.79. The van der Waals surface area contributed by atoms with Crippen LogP contribution in [0.2, 0.25) is 0 Å². The van der Waals surface area contributed by atoms with Gasteiger partial charge in [-0.2, -0.15) is 13.2 Å². The Morgan fingerprint density at radius 3 is 2.35 bits per heavy atom. The lowest BCUT2D eigenvalue weighted by Gasteiger charge is -2.42. The molecular weight excluding hydrogens is 421 g/mol. The van der Waals surface area contributed by atoms with Gasteiger partial charge in [0, 0.05) is 12.2 Å². The number of rotatable bonds is 6. The fourth-order valence-electron chi connectivity index (χ4n) is 3.54.